The normalized spacial score (nSPS) is 11.7. The zero-order valence-electron chi connectivity index (χ0n) is 18.3. The molecule has 2 N–H and O–H groups in total. The second-order valence-corrected chi connectivity index (χ2v) is 8.82. The number of nitrogens with zero attached hydrogens (tertiary/aromatic N) is 3. The first-order valence-electron chi connectivity index (χ1n) is 10.1. The molecule has 0 saturated carbocycles. The third-order valence-electron chi connectivity index (χ3n) is 4.63. The number of ether oxygens (including phenoxy) is 1. The van der Waals surface area contributed by atoms with Gasteiger partial charge in [-0.25, -0.2) is 0 Å². The third kappa shape index (κ3) is 6.63. The highest BCUT2D eigenvalue weighted by Gasteiger charge is 2.20. The van der Waals surface area contributed by atoms with Crippen LogP contribution in [0.1, 0.15) is 36.1 Å². The van der Waals surface area contributed by atoms with Gasteiger partial charge in [0.05, 0.1) is 18.9 Å². The first-order valence-corrected chi connectivity index (χ1v) is 11.8. The van der Waals surface area contributed by atoms with E-state index in [0.717, 1.165) is 0 Å². The van der Waals surface area contributed by atoms with Crippen LogP contribution in [0.3, 0.4) is 0 Å². The fourth-order valence-electron chi connectivity index (χ4n) is 3.06. The lowest BCUT2D eigenvalue weighted by molar-refractivity contribution is -0.113. The molecule has 2 aromatic carbocycles. The Bertz CT molecular complexity index is 1120. The number of anilines is 1. The molecule has 0 bridgehead atoms. The van der Waals surface area contributed by atoms with E-state index >= 15 is 0 Å². The van der Waals surface area contributed by atoms with E-state index in [2.05, 4.69) is 20.8 Å². The maximum Gasteiger partial charge on any atom is 0.251 e. The Morgan fingerprint density at radius 1 is 1.12 bits per heavy atom. The minimum Gasteiger partial charge on any atom is -0.497 e. The fourth-order valence-corrected chi connectivity index (χ4v) is 4.40. The van der Waals surface area contributed by atoms with Crippen molar-refractivity contribution in [2.75, 3.05) is 18.2 Å². The minimum atomic E-state index is -0.385. The maximum absolute atomic E-state index is 12.6. The molecule has 3 aromatic rings. The summed E-state index contributed by atoms with van der Waals surface area (Å²) in [6, 6.07) is 11.3. The van der Waals surface area contributed by atoms with E-state index < -0.39 is 0 Å². The summed E-state index contributed by atoms with van der Waals surface area (Å²) in [5.41, 5.74) is 1.03. The standard InChI is InChI=1S/C22H23Cl2N5O3S/c1-4-29-20(13(2)25-21(31)14-5-7-18(32-3)8-6-14)27-28-22(29)33-12-19(30)26-17-10-15(23)9-16(24)11-17/h5-11,13H,4,12H2,1-3H3,(H,25,31)(H,26,30). The summed E-state index contributed by atoms with van der Waals surface area (Å²) in [5.74, 6) is 0.934. The predicted molar refractivity (Wildman–Crippen MR) is 130 cm³/mol. The quantitative estimate of drug-likeness (QED) is 0.402. The summed E-state index contributed by atoms with van der Waals surface area (Å²) < 4.78 is 6.99. The van der Waals surface area contributed by atoms with Crippen molar-refractivity contribution in [3.63, 3.8) is 0 Å². The Morgan fingerprint density at radius 2 is 1.79 bits per heavy atom. The van der Waals surface area contributed by atoms with Crippen LogP contribution < -0.4 is 15.4 Å². The molecule has 1 heterocycles. The van der Waals surface area contributed by atoms with Crippen LogP contribution >= 0.6 is 35.0 Å². The van der Waals surface area contributed by atoms with Crippen molar-refractivity contribution < 1.29 is 14.3 Å². The van der Waals surface area contributed by atoms with Gasteiger partial charge in [-0.1, -0.05) is 35.0 Å². The van der Waals surface area contributed by atoms with Crippen LogP contribution in [-0.2, 0) is 11.3 Å². The third-order valence-corrected chi connectivity index (χ3v) is 6.03. The summed E-state index contributed by atoms with van der Waals surface area (Å²) >= 11 is 13.2. The largest absolute Gasteiger partial charge is 0.497 e. The van der Waals surface area contributed by atoms with Crippen molar-refractivity contribution in [2.45, 2.75) is 31.6 Å². The number of thioether (sulfide) groups is 1. The molecule has 1 unspecified atom stereocenters. The summed E-state index contributed by atoms with van der Waals surface area (Å²) in [5, 5.41) is 15.6. The van der Waals surface area contributed by atoms with Crippen molar-refractivity contribution in [3.8, 4) is 5.75 Å². The number of halogens is 2. The van der Waals surface area contributed by atoms with Gasteiger partial charge in [-0.2, -0.15) is 0 Å². The van der Waals surface area contributed by atoms with E-state index in [1.807, 2.05) is 18.4 Å². The van der Waals surface area contributed by atoms with E-state index in [-0.39, 0.29) is 23.6 Å². The van der Waals surface area contributed by atoms with Crippen LogP contribution in [0.5, 0.6) is 5.75 Å². The molecule has 33 heavy (non-hydrogen) atoms. The lowest BCUT2D eigenvalue weighted by Gasteiger charge is -2.15. The molecule has 2 amide bonds. The lowest BCUT2D eigenvalue weighted by Crippen LogP contribution is -2.28. The summed E-state index contributed by atoms with van der Waals surface area (Å²) in [4.78, 5) is 24.9. The maximum atomic E-state index is 12.6. The molecular weight excluding hydrogens is 485 g/mol. The Balaban J connectivity index is 1.62. The van der Waals surface area contributed by atoms with Crippen molar-refractivity contribution in [3.05, 3.63) is 63.9 Å². The predicted octanol–water partition coefficient (Wildman–Crippen LogP) is 4.84. The number of carbonyl (C=O) groups excluding carboxylic acids is 2. The Kier molecular flexibility index (Phi) is 8.60. The number of carbonyl (C=O) groups is 2. The van der Waals surface area contributed by atoms with Gasteiger partial charge in [0.2, 0.25) is 5.91 Å². The number of hydrogen-bond acceptors (Lipinski definition) is 6. The monoisotopic (exact) mass is 507 g/mol. The molecule has 1 aromatic heterocycles. The average molecular weight is 508 g/mol. The number of benzene rings is 2. The molecule has 0 fully saturated rings. The van der Waals surface area contributed by atoms with Crippen LogP contribution in [0.4, 0.5) is 5.69 Å². The first kappa shape index (κ1) is 24.9. The molecule has 0 aliphatic rings. The number of nitrogens with one attached hydrogen (secondary N) is 2. The van der Waals surface area contributed by atoms with E-state index in [1.54, 1.807) is 49.6 Å². The first-order chi connectivity index (χ1) is 15.8. The second-order valence-electron chi connectivity index (χ2n) is 7.00. The molecule has 3 rings (SSSR count). The summed E-state index contributed by atoms with van der Waals surface area (Å²) in [7, 11) is 1.57. The second kappa shape index (κ2) is 11.4. The van der Waals surface area contributed by atoms with Crippen LogP contribution in [0.25, 0.3) is 0 Å². The smallest absolute Gasteiger partial charge is 0.251 e. The molecule has 0 aliphatic heterocycles. The highest BCUT2D eigenvalue weighted by atomic mass is 35.5. The van der Waals surface area contributed by atoms with E-state index in [0.29, 0.717) is 44.6 Å². The molecule has 8 nitrogen and oxygen atoms in total. The number of hydrogen-bond donors (Lipinski definition) is 2. The lowest BCUT2D eigenvalue weighted by atomic mass is 10.2. The van der Waals surface area contributed by atoms with Gasteiger partial charge in [-0.05, 0) is 56.3 Å². The van der Waals surface area contributed by atoms with Gasteiger partial charge in [-0.15, -0.1) is 10.2 Å². The molecule has 174 valence electrons. The average Bonchev–Trinajstić information content (AvgIpc) is 3.20. The number of amides is 2. The number of methoxy groups -OCH3 is 1. The molecular formula is C22H23Cl2N5O3S. The van der Waals surface area contributed by atoms with Crippen molar-refractivity contribution in [1.29, 1.82) is 0 Å². The van der Waals surface area contributed by atoms with Gasteiger partial charge in [0.1, 0.15) is 5.75 Å². The van der Waals surface area contributed by atoms with E-state index in [9.17, 15) is 9.59 Å². The zero-order valence-corrected chi connectivity index (χ0v) is 20.6. The summed E-state index contributed by atoms with van der Waals surface area (Å²) in [6.45, 7) is 4.36. The highest BCUT2D eigenvalue weighted by molar-refractivity contribution is 7.99. The van der Waals surface area contributed by atoms with Gasteiger partial charge in [0.25, 0.3) is 5.91 Å². The minimum absolute atomic E-state index is 0.120. The van der Waals surface area contributed by atoms with E-state index in [4.69, 9.17) is 27.9 Å². The molecule has 11 heteroatoms. The molecule has 1 atom stereocenters. The van der Waals surface area contributed by atoms with Gasteiger partial charge >= 0.3 is 0 Å². The van der Waals surface area contributed by atoms with Crippen LogP contribution in [0.15, 0.2) is 47.6 Å². The molecule has 0 aliphatic carbocycles. The molecule has 0 saturated heterocycles. The van der Waals surface area contributed by atoms with Crippen molar-refractivity contribution in [2.24, 2.45) is 0 Å². The molecule has 0 radical (unpaired) electrons. The SMILES string of the molecule is CCn1c(SCC(=O)Nc2cc(Cl)cc(Cl)c2)nnc1C(C)NC(=O)c1ccc(OC)cc1. The van der Waals surface area contributed by atoms with Gasteiger partial charge in [0.15, 0.2) is 11.0 Å². The zero-order chi connectivity index (χ0) is 24.0. The Morgan fingerprint density at radius 3 is 2.39 bits per heavy atom. The number of aromatic nitrogens is 3. The van der Waals surface area contributed by atoms with Crippen LogP contribution in [0, 0.1) is 0 Å². The van der Waals surface area contributed by atoms with Crippen LogP contribution in [-0.4, -0.2) is 39.4 Å². The highest BCUT2D eigenvalue weighted by Crippen LogP contribution is 2.24. The van der Waals surface area contributed by atoms with Crippen molar-refractivity contribution >= 4 is 52.5 Å². The Hall–Kier alpha value is -2.75. The fraction of sp³-hybridized carbons (Fsp3) is 0.273. The van der Waals surface area contributed by atoms with Gasteiger partial charge < -0.3 is 19.9 Å². The van der Waals surface area contributed by atoms with Gasteiger partial charge in [-0.3, -0.25) is 9.59 Å². The topological polar surface area (TPSA) is 98.1 Å². The molecule has 0 spiro atoms. The Labute approximate surface area is 206 Å². The summed E-state index contributed by atoms with van der Waals surface area (Å²) in [6.07, 6.45) is 0. The van der Waals surface area contributed by atoms with E-state index in [1.165, 1.54) is 11.8 Å². The number of rotatable bonds is 9. The van der Waals surface area contributed by atoms with Gasteiger partial charge in [0, 0.05) is 27.8 Å². The van der Waals surface area contributed by atoms with Crippen molar-refractivity contribution in [1.82, 2.24) is 20.1 Å². The van der Waals surface area contributed by atoms with Crippen LogP contribution in [0.2, 0.25) is 10.0 Å².